The maximum atomic E-state index is 12.5. The molecule has 0 aliphatic rings. The lowest BCUT2D eigenvalue weighted by Crippen LogP contribution is -2.18. The smallest absolute Gasteiger partial charge is 0.143 e. The van der Waals surface area contributed by atoms with Crippen molar-refractivity contribution in [3.05, 3.63) is 66.0 Å². The van der Waals surface area contributed by atoms with Crippen molar-refractivity contribution in [2.75, 3.05) is 0 Å². The molecule has 0 aliphatic heterocycles. The van der Waals surface area contributed by atoms with Crippen LogP contribution in [0.3, 0.4) is 0 Å². The van der Waals surface area contributed by atoms with Gasteiger partial charge in [-0.25, -0.2) is 0 Å². The Labute approximate surface area is 133 Å². The van der Waals surface area contributed by atoms with Crippen LogP contribution in [0.25, 0.3) is 5.69 Å². The van der Waals surface area contributed by atoms with Gasteiger partial charge in [0.25, 0.3) is 0 Å². The number of aromatic nitrogens is 1. The van der Waals surface area contributed by atoms with Crippen molar-refractivity contribution in [1.82, 2.24) is 4.57 Å². The minimum absolute atomic E-state index is 0.0343. The molecule has 1 atom stereocenters. The average molecular weight is 295 g/mol. The zero-order valence-corrected chi connectivity index (χ0v) is 14.0. The number of carbonyl (C=O) groups excluding carboxylic acids is 1. The summed E-state index contributed by atoms with van der Waals surface area (Å²) in [5, 5.41) is 0. The van der Waals surface area contributed by atoms with E-state index in [-0.39, 0.29) is 17.6 Å². The molecular formula is C20H25NO. The van der Waals surface area contributed by atoms with Gasteiger partial charge < -0.3 is 4.57 Å². The first-order chi connectivity index (χ1) is 10.4. The molecular weight excluding hydrogens is 270 g/mol. The highest BCUT2D eigenvalue weighted by molar-refractivity contribution is 5.87. The van der Waals surface area contributed by atoms with Gasteiger partial charge in [0.05, 0.1) is 0 Å². The number of hydrogen-bond acceptors (Lipinski definition) is 1. The Balaban J connectivity index is 2.40. The van der Waals surface area contributed by atoms with Gasteiger partial charge in [-0.15, -0.1) is 6.58 Å². The lowest BCUT2D eigenvalue weighted by atomic mass is 9.86. The van der Waals surface area contributed by atoms with E-state index in [1.165, 1.54) is 5.56 Å². The van der Waals surface area contributed by atoms with E-state index in [2.05, 4.69) is 61.7 Å². The first-order valence-corrected chi connectivity index (χ1v) is 7.84. The number of rotatable bonds is 6. The summed E-state index contributed by atoms with van der Waals surface area (Å²) in [6.45, 7) is 11.9. The van der Waals surface area contributed by atoms with Crippen LogP contribution in [0.1, 0.15) is 42.9 Å². The highest BCUT2D eigenvalue weighted by Gasteiger charge is 2.24. The van der Waals surface area contributed by atoms with Gasteiger partial charge >= 0.3 is 0 Å². The minimum atomic E-state index is -0.0933. The van der Waals surface area contributed by atoms with Crippen LogP contribution < -0.4 is 0 Å². The first kappa shape index (κ1) is 16.3. The second kappa shape index (κ2) is 6.78. The third-order valence-corrected chi connectivity index (χ3v) is 4.09. The normalized spacial score (nSPS) is 12.4. The molecule has 0 bridgehead atoms. The first-order valence-electron chi connectivity index (χ1n) is 7.84. The number of aryl methyl sites for hydroxylation is 2. The summed E-state index contributed by atoms with van der Waals surface area (Å²) in [6.07, 6.45) is 6.72. The number of carbonyl (C=O) groups is 1. The predicted octanol–water partition coefficient (Wildman–Crippen LogP) is 4.98. The van der Waals surface area contributed by atoms with Gasteiger partial charge in [-0.2, -0.15) is 0 Å². The molecule has 2 aromatic rings. The summed E-state index contributed by atoms with van der Waals surface area (Å²) < 4.78 is 2.10. The molecule has 116 valence electrons. The lowest BCUT2D eigenvalue weighted by Gasteiger charge is -2.16. The molecule has 2 heteroatoms. The van der Waals surface area contributed by atoms with E-state index in [1.54, 1.807) is 0 Å². The Morgan fingerprint density at radius 3 is 2.36 bits per heavy atom. The van der Waals surface area contributed by atoms with Crippen LogP contribution in [0.2, 0.25) is 0 Å². The van der Waals surface area contributed by atoms with E-state index in [0.29, 0.717) is 6.42 Å². The molecule has 0 spiro atoms. The van der Waals surface area contributed by atoms with Gasteiger partial charge in [0.15, 0.2) is 0 Å². The molecule has 2 rings (SSSR count). The zero-order valence-electron chi connectivity index (χ0n) is 14.0. The molecule has 0 radical (unpaired) electrons. The monoisotopic (exact) mass is 295 g/mol. The van der Waals surface area contributed by atoms with Crippen LogP contribution in [0, 0.1) is 19.8 Å². The van der Waals surface area contributed by atoms with Crippen molar-refractivity contribution in [1.29, 1.82) is 0 Å². The largest absolute Gasteiger partial charge is 0.323 e. The third kappa shape index (κ3) is 3.38. The Morgan fingerprint density at radius 2 is 1.82 bits per heavy atom. The van der Waals surface area contributed by atoms with Crippen LogP contribution in [0.4, 0.5) is 0 Å². The molecule has 1 aromatic carbocycles. The molecule has 1 aromatic heterocycles. The second-order valence-electron chi connectivity index (χ2n) is 6.27. The van der Waals surface area contributed by atoms with Crippen LogP contribution >= 0.6 is 0 Å². The number of hydrogen-bond donors (Lipinski definition) is 0. The second-order valence-corrected chi connectivity index (χ2v) is 6.27. The fraction of sp³-hybridized carbons (Fsp3) is 0.350. The van der Waals surface area contributed by atoms with Crippen molar-refractivity contribution in [3.8, 4) is 5.69 Å². The molecule has 0 N–H and O–H groups in total. The number of nitrogens with zero attached hydrogens (tertiary/aromatic N) is 1. The van der Waals surface area contributed by atoms with Crippen LogP contribution in [0.15, 0.2) is 49.3 Å². The fourth-order valence-corrected chi connectivity index (χ4v) is 2.77. The summed E-state index contributed by atoms with van der Waals surface area (Å²) in [6, 6.07) is 8.41. The van der Waals surface area contributed by atoms with E-state index in [9.17, 15) is 4.79 Å². The fourth-order valence-electron chi connectivity index (χ4n) is 2.77. The van der Waals surface area contributed by atoms with Crippen LogP contribution in [-0.4, -0.2) is 10.4 Å². The Morgan fingerprint density at radius 1 is 1.18 bits per heavy atom. The molecule has 1 unspecified atom stereocenters. The molecule has 0 saturated carbocycles. The average Bonchev–Trinajstić information content (AvgIpc) is 2.86. The molecule has 0 saturated heterocycles. The topological polar surface area (TPSA) is 22.0 Å². The SMILES string of the molecule is C=CCC(C(=O)C(C)C)c1cn(-c2ccc(C)cc2)cc1C. The standard InChI is InChI=1S/C20H25NO/c1-6-7-18(20(22)14(2)3)19-13-21(12-16(19)5)17-10-8-15(4)9-11-17/h6,8-14,18H,1,7H2,2-5H3. The molecule has 22 heavy (non-hydrogen) atoms. The van der Waals surface area contributed by atoms with Crippen LogP contribution in [0.5, 0.6) is 0 Å². The highest BCUT2D eigenvalue weighted by atomic mass is 16.1. The Bertz CT molecular complexity index is 662. The van der Waals surface area contributed by atoms with Crippen molar-refractivity contribution in [2.24, 2.45) is 5.92 Å². The predicted molar refractivity (Wildman–Crippen MR) is 92.6 cm³/mol. The number of benzene rings is 1. The lowest BCUT2D eigenvalue weighted by molar-refractivity contribution is -0.123. The minimum Gasteiger partial charge on any atom is -0.323 e. The summed E-state index contributed by atoms with van der Waals surface area (Å²) in [5.41, 5.74) is 4.63. The van der Waals surface area contributed by atoms with Gasteiger partial charge in [-0.05, 0) is 43.5 Å². The highest BCUT2D eigenvalue weighted by Crippen LogP contribution is 2.29. The van der Waals surface area contributed by atoms with Gasteiger partial charge in [0, 0.05) is 29.9 Å². The molecule has 2 nitrogen and oxygen atoms in total. The van der Waals surface area contributed by atoms with Gasteiger partial charge in [-0.3, -0.25) is 4.79 Å². The third-order valence-electron chi connectivity index (χ3n) is 4.09. The summed E-state index contributed by atoms with van der Waals surface area (Å²) in [4.78, 5) is 12.5. The number of Topliss-reactive ketones (excluding diaryl/α,β-unsaturated/α-hetero) is 1. The maximum Gasteiger partial charge on any atom is 0.143 e. The summed E-state index contributed by atoms with van der Waals surface area (Å²) in [7, 11) is 0. The molecule has 0 amide bonds. The van der Waals surface area contributed by atoms with Crippen molar-refractivity contribution in [3.63, 3.8) is 0 Å². The van der Waals surface area contributed by atoms with Crippen LogP contribution in [-0.2, 0) is 4.79 Å². The molecule has 1 heterocycles. The van der Waals surface area contributed by atoms with E-state index < -0.39 is 0 Å². The quantitative estimate of drug-likeness (QED) is 0.689. The van der Waals surface area contributed by atoms with Gasteiger partial charge in [-0.1, -0.05) is 37.6 Å². The van der Waals surface area contributed by atoms with E-state index in [0.717, 1.165) is 16.8 Å². The van der Waals surface area contributed by atoms with Crippen molar-refractivity contribution >= 4 is 5.78 Å². The maximum absolute atomic E-state index is 12.5. The number of allylic oxidation sites excluding steroid dienone is 1. The van der Waals surface area contributed by atoms with Gasteiger partial charge in [0.2, 0.25) is 0 Å². The number of ketones is 1. The summed E-state index contributed by atoms with van der Waals surface area (Å²) >= 11 is 0. The molecule has 0 fully saturated rings. The molecule has 0 aliphatic carbocycles. The summed E-state index contributed by atoms with van der Waals surface area (Å²) in [5.74, 6) is 0.223. The van der Waals surface area contributed by atoms with Crippen molar-refractivity contribution in [2.45, 2.75) is 40.0 Å². The Kier molecular flexibility index (Phi) is 5.02. The van der Waals surface area contributed by atoms with Crippen molar-refractivity contribution < 1.29 is 4.79 Å². The van der Waals surface area contributed by atoms with E-state index in [1.807, 2.05) is 19.9 Å². The Hall–Kier alpha value is -2.09. The van der Waals surface area contributed by atoms with E-state index in [4.69, 9.17) is 0 Å². The van der Waals surface area contributed by atoms with Gasteiger partial charge in [0.1, 0.15) is 5.78 Å². The van der Waals surface area contributed by atoms with E-state index >= 15 is 0 Å². The zero-order chi connectivity index (χ0) is 16.3.